The number of anilines is 1. The quantitative estimate of drug-likeness (QED) is 0.843. The van der Waals surface area contributed by atoms with E-state index in [1.54, 1.807) is 0 Å². The molecule has 1 heterocycles. The number of benzene rings is 1. The van der Waals surface area contributed by atoms with Crippen LogP contribution in [0.5, 0.6) is 0 Å². The highest BCUT2D eigenvalue weighted by Crippen LogP contribution is 2.29. The molecule has 0 aliphatic heterocycles. The molecule has 3 N–H and O–H groups in total. The van der Waals surface area contributed by atoms with E-state index in [1.807, 2.05) is 26.0 Å². The molecule has 2 rings (SSSR count). The van der Waals surface area contributed by atoms with Crippen molar-refractivity contribution in [2.24, 2.45) is 0 Å². The van der Waals surface area contributed by atoms with Crippen LogP contribution < -0.4 is 11.1 Å². The van der Waals surface area contributed by atoms with Crippen LogP contribution in [0.15, 0.2) is 28.7 Å². The zero-order valence-corrected chi connectivity index (χ0v) is 12.5. The lowest BCUT2D eigenvalue weighted by Gasteiger charge is -2.13. The molecular formula is C14H14Cl2N2O2. The minimum Gasteiger partial charge on any atom is -0.464 e. The average molecular weight is 313 g/mol. The summed E-state index contributed by atoms with van der Waals surface area (Å²) < 4.78 is 5.46. The summed E-state index contributed by atoms with van der Waals surface area (Å²) in [5.41, 5.74) is 6.29. The SMILES string of the molecule is Cc1ccc(C(C)NC(=O)c2cc(N)cc(Cl)c2Cl)o1. The van der Waals surface area contributed by atoms with Gasteiger partial charge in [0.15, 0.2) is 0 Å². The second-order valence-electron chi connectivity index (χ2n) is 4.51. The molecule has 0 fully saturated rings. The van der Waals surface area contributed by atoms with Crippen molar-refractivity contribution in [3.63, 3.8) is 0 Å². The summed E-state index contributed by atoms with van der Waals surface area (Å²) in [4.78, 5) is 12.2. The fraction of sp³-hybridized carbons (Fsp3) is 0.214. The molecular weight excluding hydrogens is 299 g/mol. The molecule has 0 radical (unpaired) electrons. The van der Waals surface area contributed by atoms with Crippen molar-refractivity contribution in [3.8, 4) is 0 Å². The van der Waals surface area contributed by atoms with E-state index in [0.717, 1.165) is 5.76 Å². The summed E-state index contributed by atoms with van der Waals surface area (Å²) in [5, 5.41) is 3.22. The van der Waals surface area contributed by atoms with E-state index in [0.29, 0.717) is 11.4 Å². The maximum absolute atomic E-state index is 12.2. The summed E-state index contributed by atoms with van der Waals surface area (Å²) in [6.07, 6.45) is 0. The lowest BCUT2D eigenvalue weighted by atomic mass is 10.1. The minimum atomic E-state index is -0.356. The zero-order chi connectivity index (χ0) is 14.9. The third kappa shape index (κ3) is 3.08. The molecule has 0 saturated carbocycles. The highest BCUT2D eigenvalue weighted by atomic mass is 35.5. The third-order valence-corrected chi connectivity index (χ3v) is 3.63. The van der Waals surface area contributed by atoms with E-state index in [9.17, 15) is 4.79 Å². The molecule has 0 saturated heterocycles. The first kappa shape index (κ1) is 14.8. The molecule has 20 heavy (non-hydrogen) atoms. The van der Waals surface area contributed by atoms with Crippen molar-refractivity contribution in [2.45, 2.75) is 19.9 Å². The van der Waals surface area contributed by atoms with Gasteiger partial charge in [-0.3, -0.25) is 4.79 Å². The van der Waals surface area contributed by atoms with Crippen LogP contribution in [0.1, 0.15) is 34.8 Å². The van der Waals surface area contributed by atoms with Gasteiger partial charge in [-0.15, -0.1) is 0 Å². The number of nitrogens with one attached hydrogen (secondary N) is 1. The van der Waals surface area contributed by atoms with Crippen LogP contribution in [-0.4, -0.2) is 5.91 Å². The van der Waals surface area contributed by atoms with Crippen LogP contribution in [0, 0.1) is 6.92 Å². The Morgan fingerprint density at radius 1 is 1.35 bits per heavy atom. The van der Waals surface area contributed by atoms with Gasteiger partial charge in [0.2, 0.25) is 0 Å². The second kappa shape index (κ2) is 5.77. The molecule has 6 heteroatoms. The number of furan rings is 1. The Labute approximate surface area is 126 Å². The number of nitrogens with two attached hydrogens (primary N) is 1. The van der Waals surface area contributed by atoms with Crippen molar-refractivity contribution >= 4 is 34.8 Å². The summed E-state index contributed by atoms with van der Waals surface area (Å²) in [6.45, 7) is 3.66. The molecule has 1 atom stereocenters. The van der Waals surface area contributed by atoms with Crippen LogP contribution in [0.25, 0.3) is 0 Å². The minimum absolute atomic E-state index is 0.182. The molecule has 1 aromatic carbocycles. The number of hydrogen-bond donors (Lipinski definition) is 2. The number of nitrogen functional groups attached to an aromatic ring is 1. The van der Waals surface area contributed by atoms with Gasteiger partial charge in [-0.05, 0) is 38.1 Å². The molecule has 1 amide bonds. The van der Waals surface area contributed by atoms with Crippen LogP contribution in [0.3, 0.4) is 0 Å². The lowest BCUT2D eigenvalue weighted by Crippen LogP contribution is -2.26. The Bertz CT molecular complexity index is 653. The zero-order valence-electron chi connectivity index (χ0n) is 11.0. The Hall–Kier alpha value is -1.65. The largest absolute Gasteiger partial charge is 0.464 e. The Morgan fingerprint density at radius 3 is 2.65 bits per heavy atom. The molecule has 0 spiro atoms. The van der Waals surface area contributed by atoms with Crippen LogP contribution in [0.4, 0.5) is 5.69 Å². The molecule has 2 aromatic rings. The normalized spacial score (nSPS) is 12.2. The number of halogens is 2. The van der Waals surface area contributed by atoms with Crippen LogP contribution >= 0.6 is 23.2 Å². The van der Waals surface area contributed by atoms with Crippen LogP contribution in [-0.2, 0) is 0 Å². The van der Waals surface area contributed by atoms with E-state index >= 15 is 0 Å². The third-order valence-electron chi connectivity index (χ3n) is 2.83. The maximum atomic E-state index is 12.2. The van der Waals surface area contributed by atoms with E-state index < -0.39 is 0 Å². The van der Waals surface area contributed by atoms with E-state index in [-0.39, 0.29) is 27.6 Å². The van der Waals surface area contributed by atoms with Crippen molar-refractivity contribution in [1.82, 2.24) is 5.32 Å². The first-order valence-corrected chi connectivity index (χ1v) is 6.76. The van der Waals surface area contributed by atoms with Crippen molar-refractivity contribution in [2.75, 3.05) is 5.73 Å². The highest BCUT2D eigenvalue weighted by Gasteiger charge is 2.18. The van der Waals surface area contributed by atoms with Gasteiger partial charge < -0.3 is 15.5 Å². The molecule has 1 unspecified atom stereocenters. The summed E-state index contributed by atoms with van der Waals surface area (Å²) >= 11 is 11.9. The topological polar surface area (TPSA) is 68.3 Å². The van der Waals surface area contributed by atoms with Gasteiger partial charge in [0.1, 0.15) is 11.5 Å². The number of aryl methyl sites for hydroxylation is 1. The van der Waals surface area contributed by atoms with E-state index in [2.05, 4.69) is 5.32 Å². The van der Waals surface area contributed by atoms with Gasteiger partial charge >= 0.3 is 0 Å². The van der Waals surface area contributed by atoms with Gasteiger partial charge in [-0.2, -0.15) is 0 Å². The second-order valence-corrected chi connectivity index (χ2v) is 5.29. The van der Waals surface area contributed by atoms with Crippen LogP contribution in [0.2, 0.25) is 10.0 Å². The fourth-order valence-corrected chi connectivity index (χ4v) is 2.23. The number of carbonyl (C=O) groups is 1. The number of carbonyl (C=O) groups excluding carboxylic acids is 1. The van der Waals surface area contributed by atoms with Crippen molar-refractivity contribution in [3.05, 3.63) is 51.4 Å². The molecule has 106 valence electrons. The predicted molar refractivity (Wildman–Crippen MR) is 80.2 cm³/mol. The Morgan fingerprint density at radius 2 is 2.05 bits per heavy atom. The summed E-state index contributed by atoms with van der Waals surface area (Å²) in [5.74, 6) is 1.10. The molecule has 0 bridgehead atoms. The summed E-state index contributed by atoms with van der Waals surface area (Å²) in [7, 11) is 0. The molecule has 0 aliphatic carbocycles. The van der Waals surface area contributed by atoms with Crippen molar-refractivity contribution < 1.29 is 9.21 Å². The predicted octanol–water partition coefficient (Wildman–Crippen LogP) is 3.97. The smallest absolute Gasteiger partial charge is 0.253 e. The van der Waals surface area contributed by atoms with Gasteiger partial charge in [0.05, 0.1) is 21.7 Å². The van der Waals surface area contributed by atoms with E-state index in [1.165, 1.54) is 12.1 Å². The Balaban J connectivity index is 2.20. The summed E-state index contributed by atoms with van der Waals surface area (Å²) in [6, 6.07) is 6.35. The highest BCUT2D eigenvalue weighted by molar-refractivity contribution is 6.44. The maximum Gasteiger partial charge on any atom is 0.253 e. The number of rotatable bonds is 3. The van der Waals surface area contributed by atoms with Crippen molar-refractivity contribution in [1.29, 1.82) is 0 Å². The van der Waals surface area contributed by atoms with Gasteiger partial charge in [-0.1, -0.05) is 23.2 Å². The molecule has 1 aromatic heterocycles. The fourth-order valence-electron chi connectivity index (χ4n) is 1.81. The van der Waals surface area contributed by atoms with E-state index in [4.69, 9.17) is 33.4 Å². The molecule has 0 aliphatic rings. The van der Waals surface area contributed by atoms with Gasteiger partial charge in [0, 0.05) is 5.69 Å². The standard InChI is InChI=1S/C14H14Cl2N2O2/c1-7-3-4-12(20-7)8(2)18-14(19)10-5-9(17)6-11(15)13(10)16/h3-6,8H,17H2,1-2H3,(H,18,19). The molecule has 4 nitrogen and oxygen atoms in total. The first-order chi connectivity index (χ1) is 9.38. The van der Waals surface area contributed by atoms with Gasteiger partial charge in [0.25, 0.3) is 5.91 Å². The average Bonchev–Trinajstić information content (AvgIpc) is 2.80. The Kier molecular flexibility index (Phi) is 4.26. The van der Waals surface area contributed by atoms with Gasteiger partial charge in [-0.25, -0.2) is 0 Å². The lowest BCUT2D eigenvalue weighted by molar-refractivity contribution is 0.0935. The monoisotopic (exact) mass is 312 g/mol. The first-order valence-electron chi connectivity index (χ1n) is 6.00. The number of amides is 1. The number of hydrogen-bond acceptors (Lipinski definition) is 3.